The zero-order chi connectivity index (χ0) is 11.4. The Labute approximate surface area is 100 Å². The molecule has 2 N–H and O–H groups in total. The highest BCUT2D eigenvalue weighted by molar-refractivity contribution is 6.73. The molecule has 0 bridgehead atoms. The van der Waals surface area contributed by atoms with Gasteiger partial charge >= 0.3 is 0 Å². The Morgan fingerprint density at radius 2 is 2.12 bits per heavy atom. The van der Waals surface area contributed by atoms with E-state index in [9.17, 15) is 0 Å². The fraction of sp³-hybridized carbons (Fsp3) is 0.545. The van der Waals surface area contributed by atoms with Crippen molar-refractivity contribution in [1.82, 2.24) is 5.32 Å². The van der Waals surface area contributed by atoms with Gasteiger partial charge in [0.25, 0.3) is 0 Å². The number of rotatable bonds is 2. The number of nitrogens with one attached hydrogen (secondary N) is 2. The zero-order valence-corrected chi connectivity index (χ0v) is 9.80. The summed E-state index contributed by atoms with van der Waals surface area (Å²) < 4.78 is 0. The Bertz CT molecular complexity index is 364. The lowest BCUT2D eigenvalue weighted by molar-refractivity contribution is 0.404. The molecular weight excluding hydrogens is 224 g/mol. The number of amidine groups is 1. The summed E-state index contributed by atoms with van der Waals surface area (Å²) in [5, 5.41) is 11.3. The van der Waals surface area contributed by atoms with Crippen LogP contribution < -0.4 is 5.32 Å². The third-order valence-electron chi connectivity index (χ3n) is 2.90. The molecule has 0 saturated heterocycles. The van der Waals surface area contributed by atoms with Crippen LogP contribution in [0.5, 0.6) is 0 Å². The molecule has 1 aliphatic heterocycles. The van der Waals surface area contributed by atoms with Gasteiger partial charge in [0.15, 0.2) is 5.84 Å². The molecule has 0 aromatic heterocycles. The summed E-state index contributed by atoms with van der Waals surface area (Å²) in [6.45, 7) is 0. The number of hydrogen-bond acceptors (Lipinski definition) is 3. The summed E-state index contributed by atoms with van der Waals surface area (Å²) in [6.07, 6.45) is 9.35. The normalized spacial score (nSPS) is 24.7. The Morgan fingerprint density at radius 3 is 2.81 bits per heavy atom. The van der Waals surface area contributed by atoms with Gasteiger partial charge in [0, 0.05) is 12.2 Å². The van der Waals surface area contributed by atoms with Gasteiger partial charge in [0.2, 0.25) is 0 Å². The second-order valence-corrected chi connectivity index (χ2v) is 4.43. The summed E-state index contributed by atoms with van der Waals surface area (Å²) in [4.78, 5) is 7.67. The van der Waals surface area contributed by atoms with E-state index in [1.165, 1.54) is 38.4 Å². The third-order valence-corrected chi connectivity index (χ3v) is 3.21. The summed E-state index contributed by atoms with van der Waals surface area (Å²) in [6, 6.07) is 0.504. The van der Waals surface area contributed by atoms with Gasteiger partial charge in [0.1, 0.15) is 11.5 Å². The Kier molecular flexibility index (Phi) is 3.72. The minimum Gasteiger partial charge on any atom is -0.387 e. The predicted octanol–water partition coefficient (Wildman–Crippen LogP) is 2.45. The third kappa shape index (κ3) is 2.70. The molecule has 2 rings (SSSR count). The molecule has 16 heavy (non-hydrogen) atoms. The maximum Gasteiger partial charge on any atom is 0.158 e. The minimum atomic E-state index is 0.170. The van der Waals surface area contributed by atoms with Gasteiger partial charge in [0.05, 0.1) is 5.57 Å². The van der Waals surface area contributed by atoms with Crippen molar-refractivity contribution in [1.29, 1.82) is 5.41 Å². The van der Waals surface area contributed by atoms with Gasteiger partial charge in [-0.25, -0.2) is 9.98 Å². The van der Waals surface area contributed by atoms with E-state index in [4.69, 9.17) is 17.0 Å². The minimum absolute atomic E-state index is 0.170. The highest BCUT2D eigenvalue weighted by Crippen LogP contribution is 2.18. The molecular formula is C11H15ClN4. The summed E-state index contributed by atoms with van der Waals surface area (Å²) >= 11 is 5.90. The second kappa shape index (κ2) is 5.25. The van der Waals surface area contributed by atoms with E-state index in [1.54, 1.807) is 6.20 Å². The van der Waals surface area contributed by atoms with Crippen molar-refractivity contribution in [3.63, 3.8) is 0 Å². The molecule has 0 unspecified atom stereocenters. The Hall–Kier alpha value is -1.16. The first-order chi connectivity index (χ1) is 7.77. The van der Waals surface area contributed by atoms with E-state index in [0.29, 0.717) is 16.8 Å². The Morgan fingerprint density at radius 1 is 1.38 bits per heavy atom. The molecule has 0 radical (unpaired) electrons. The number of halogens is 1. The van der Waals surface area contributed by atoms with Crippen molar-refractivity contribution >= 4 is 28.9 Å². The summed E-state index contributed by atoms with van der Waals surface area (Å²) in [5.74, 6) is 0.170. The van der Waals surface area contributed by atoms with Crippen molar-refractivity contribution in [2.24, 2.45) is 9.98 Å². The average Bonchev–Trinajstić information content (AvgIpc) is 2.30. The standard InChI is InChI=1S/C11H15ClN4/c12-10-9(11(13)16-7-15-10)6-14-8-4-2-1-3-5-8/h6-8,13-14H,1-5H2/b9-6-,13-11?. The fourth-order valence-corrected chi connectivity index (χ4v) is 2.16. The smallest absolute Gasteiger partial charge is 0.158 e. The van der Waals surface area contributed by atoms with Gasteiger partial charge in [-0.15, -0.1) is 0 Å². The molecule has 4 nitrogen and oxygen atoms in total. The number of aliphatic imine (C=N–C) groups is 2. The van der Waals surface area contributed by atoms with Crippen molar-refractivity contribution in [2.75, 3.05) is 0 Å². The lowest BCUT2D eigenvalue weighted by Gasteiger charge is -2.22. The molecule has 1 saturated carbocycles. The van der Waals surface area contributed by atoms with Crippen LogP contribution >= 0.6 is 11.6 Å². The Balaban J connectivity index is 1.98. The van der Waals surface area contributed by atoms with Crippen molar-refractivity contribution in [3.05, 3.63) is 11.8 Å². The first kappa shape index (κ1) is 11.3. The quantitative estimate of drug-likeness (QED) is 0.763. The maximum absolute atomic E-state index is 7.62. The topological polar surface area (TPSA) is 60.6 Å². The van der Waals surface area contributed by atoms with Crippen LogP contribution in [-0.2, 0) is 0 Å². The van der Waals surface area contributed by atoms with E-state index in [-0.39, 0.29) is 5.84 Å². The van der Waals surface area contributed by atoms with E-state index >= 15 is 0 Å². The van der Waals surface area contributed by atoms with Crippen LogP contribution in [0.3, 0.4) is 0 Å². The molecule has 86 valence electrons. The van der Waals surface area contributed by atoms with Gasteiger partial charge in [-0.2, -0.15) is 0 Å². The van der Waals surface area contributed by atoms with Gasteiger partial charge < -0.3 is 5.32 Å². The van der Waals surface area contributed by atoms with Gasteiger partial charge in [-0.3, -0.25) is 5.41 Å². The number of nitrogens with zero attached hydrogens (tertiary/aromatic N) is 2. The van der Waals surface area contributed by atoms with E-state index < -0.39 is 0 Å². The van der Waals surface area contributed by atoms with Crippen LogP contribution in [0.4, 0.5) is 0 Å². The summed E-state index contributed by atoms with van der Waals surface area (Å²) in [5.41, 5.74) is 0.578. The SMILES string of the molecule is N=C1N=CN=C(Cl)/C1=C/NC1CCCCC1. The van der Waals surface area contributed by atoms with E-state index in [1.807, 2.05) is 0 Å². The molecule has 5 heteroatoms. The lowest BCUT2D eigenvalue weighted by Crippen LogP contribution is -2.28. The van der Waals surface area contributed by atoms with E-state index in [0.717, 1.165) is 0 Å². The van der Waals surface area contributed by atoms with Crippen LogP contribution in [0.25, 0.3) is 0 Å². The van der Waals surface area contributed by atoms with Crippen LogP contribution in [0.1, 0.15) is 32.1 Å². The van der Waals surface area contributed by atoms with Crippen LogP contribution in [0, 0.1) is 5.41 Å². The highest BCUT2D eigenvalue weighted by atomic mass is 35.5. The van der Waals surface area contributed by atoms with Crippen LogP contribution in [-0.4, -0.2) is 23.4 Å². The average molecular weight is 239 g/mol. The number of hydrogen-bond donors (Lipinski definition) is 2. The first-order valence-corrected chi connectivity index (χ1v) is 5.96. The summed E-state index contributed by atoms with van der Waals surface area (Å²) in [7, 11) is 0. The monoisotopic (exact) mass is 238 g/mol. The zero-order valence-electron chi connectivity index (χ0n) is 9.04. The lowest BCUT2D eigenvalue weighted by atomic mass is 9.96. The van der Waals surface area contributed by atoms with Crippen LogP contribution in [0.15, 0.2) is 21.8 Å². The molecule has 0 spiro atoms. The largest absolute Gasteiger partial charge is 0.387 e. The molecule has 1 fully saturated rings. The molecule has 0 aromatic rings. The molecule has 0 aromatic carbocycles. The molecule has 0 atom stereocenters. The molecule has 0 amide bonds. The van der Waals surface area contributed by atoms with Crippen molar-refractivity contribution < 1.29 is 0 Å². The van der Waals surface area contributed by atoms with Gasteiger partial charge in [-0.05, 0) is 12.8 Å². The van der Waals surface area contributed by atoms with E-state index in [2.05, 4.69) is 15.3 Å². The van der Waals surface area contributed by atoms with Crippen molar-refractivity contribution in [2.45, 2.75) is 38.1 Å². The maximum atomic E-state index is 7.62. The highest BCUT2D eigenvalue weighted by Gasteiger charge is 2.15. The second-order valence-electron chi connectivity index (χ2n) is 4.07. The molecule has 1 heterocycles. The van der Waals surface area contributed by atoms with Crippen LogP contribution in [0.2, 0.25) is 0 Å². The predicted molar refractivity (Wildman–Crippen MR) is 67.6 cm³/mol. The van der Waals surface area contributed by atoms with Gasteiger partial charge in [-0.1, -0.05) is 30.9 Å². The first-order valence-electron chi connectivity index (χ1n) is 5.59. The fourth-order valence-electron chi connectivity index (χ4n) is 1.97. The molecule has 1 aliphatic carbocycles. The molecule has 2 aliphatic rings. The van der Waals surface area contributed by atoms with Crippen molar-refractivity contribution in [3.8, 4) is 0 Å².